The van der Waals surface area contributed by atoms with Gasteiger partial charge in [-0.15, -0.1) is 11.3 Å². The van der Waals surface area contributed by atoms with Crippen LogP contribution in [0.3, 0.4) is 0 Å². The predicted octanol–water partition coefficient (Wildman–Crippen LogP) is 1.16. The summed E-state index contributed by atoms with van der Waals surface area (Å²) < 4.78 is 0. The lowest BCUT2D eigenvalue weighted by molar-refractivity contribution is -0.134. The number of thiophene rings is 1. The maximum absolute atomic E-state index is 11.7. The van der Waals surface area contributed by atoms with Crippen molar-refractivity contribution in [3.63, 3.8) is 0 Å². The number of nitrogens with two attached hydrogens (primary N) is 1. The van der Waals surface area contributed by atoms with Crippen molar-refractivity contribution in [2.75, 3.05) is 32.4 Å². The van der Waals surface area contributed by atoms with Gasteiger partial charge >= 0.3 is 0 Å². The molecule has 0 bridgehead atoms. The summed E-state index contributed by atoms with van der Waals surface area (Å²) in [5, 5.41) is 0.968. The summed E-state index contributed by atoms with van der Waals surface area (Å²) in [6.07, 6.45) is 0. The summed E-state index contributed by atoms with van der Waals surface area (Å²) in [4.78, 5) is 26.8. The minimum absolute atomic E-state index is 0.137. The summed E-state index contributed by atoms with van der Waals surface area (Å²) in [6.45, 7) is 6.68. The van der Waals surface area contributed by atoms with Gasteiger partial charge in [0.15, 0.2) is 0 Å². The van der Waals surface area contributed by atoms with Crippen LogP contribution in [0.2, 0.25) is 0 Å². The Morgan fingerprint density at radius 3 is 2.76 bits per heavy atom. The van der Waals surface area contributed by atoms with Gasteiger partial charge in [-0.1, -0.05) is 0 Å². The first-order valence-corrected chi connectivity index (χ1v) is 7.75. The number of aryl methyl sites for hydroxylation is 2. The van der Waals surface area contributed by atoms with Gasteiger partial charge in [-0.2, -0.15) is 0 Å². The van der Waals surface area contributed by atoms with Gasteiger partial charge in [0.05, 0.1) is 18.5 Å². The van der Waals surface area contributed by atoms with Crippen LogP contribution in [-0.2, 0) is 11.3 Å². The molecule has 2 aromatic heterocycles. The van der Waals surface area contributed by atoms with Gasteiger partial charge in [0, 0.05) is 25.0 Å². The molecular weight excluding hydrogens is 286 g/mol. The molecule has 1 amide bonds. The van der Waals surface area contributed by atoms with Crippen LogP contribution in [0.5, 0.6) is 0 Å². The Kier molecular flexibility index (Phi) is 3.54. The van der Waals surface area contributed by atoms with Crippen molar-refractivity contribution >= 4 is 33.3 Å². The van der Waals surface area contributed by atoms with Crippen LogP contribution < -0.4 is 5.73 Å². The van der Waals surface area contributed by atoms with E-state index in [-0.39, 0.29) is 5.91 Å². The molecular formula is C14H19N5OS. The number of piperazine rings is 1. The zero-order chi connectivity index (χ0) is 15.1. The minimum atomic E-state index is 0.137. The molecule has 7 heteroatoms. The van der Waals surface area contributed by atoms with Crippen LogP contribution in [-0.4, -0.2) is 52.4 Å². The van der Waals surface area contributed by atoms with Crippen molar-refractivity contribution in [3.05, 3.63) is 16.3 Å². The Morgan fingerprint density at radius 2 is 2.05 bits per heavy atom. The molecule has 6 nitrogen and oxygen atoms in total. The van der Waals surface area contributed by atoms with Crippen molar-refractivity contribution in [2.24, 2.45) is 0 Å². The molecule has 1 fully saturated rings. The maximum Gasteiger partial charge on any atom is 0.236 e. The SMILES string of the molecule is Cc1sc2nc(CN3CCN(C)C(=O)C3)nc(N)c2c1C. The molecule has 3 heterocycles. The van der Waals surface area contributed by atoms with E-state index in [1.807, 2.05) is 14.0 Å². The average Bonchev–Trinajstić information content (AvgIpc) is 2.70. The molecule has 2 N–H and O–H groups in total. The molecule has 21 heavy (non-hydrogen) atoms. The van der Waals surface area contributed by atoms with Crippen LogP contribution in [0.15, 0.2) is 0 Å². The van der Waals surface area contributed by atoms with Crippen LogP contribution in [0.4, 0.5) is 5.82 Å². The van der Waals surface area contributed by atoms with Gasteiger partial charge in [-0.3, -0.25) is 9.69 Å². The lowest BCUT2D eigenvalue weighted by Gasteiger charge is -2.31. The molecule has 112 valence electrons. The van der Waals surface area contributed by atoms with E-state index in [1.165, 1.54) is 4.88 Å². The highest BCUT2D eigenvalue weighted by molar-refractivity contribution is 7.18. The number of carbonyl (C=O) groups is 1. The zero-order valence-corrected chi connectivity index (χ0v) is 13.3. The first kappa shape index (κ1) is 14.2. The quantitative estimate of drug-likeness (QED) is 0.901. The maximum atomic E-state index is 11.7. The van der Waals surface area contributed by atoms with E-state index in [0.29, 0.717) is 24.7 Å². The van der Waals surface area contributed by atoms with Crippen molar-refractivity contribution in [3.8, 4) is 0 Å². The summed E-state index contributed by atoms with van der Waals surface area (Å²) in [5.74, 6) is 1.37. The van der Waals surface area contributed by atoms with Crippen molar-refractivity contribution < 1.29 is 4.79 Å². The Balaban J connectivity index is 1.86. The number of carbonyl (C=O) groups excluding carboxylic acids is 1. The van der Waals surface area contributed by atoms with Gasteiger partial charge in [-0.25, -0.2) is 9.97 Å². The number of hydrogen-bond acceptors (Lipinski definition) is 6. The number of nitrogens with zero attached hydrogens (tertiary/aromatic N) is 4. The van der Waals surface area contributed by atoms with E-state index < -0.39 is 0 Å². The number of aromatic nitrogens is 2. The third kappa shape index (κ3) is 2.58. The number of amides is 1. The van der Waals surface area contributed by atoms with Gasteiger partial charge < -0.3 is 10.6 Å². The molecule has 0 aromatic carbocycles. The Morgan fingerprint density at radius 1 is 1.29 bits per heavy atom. The molecule has 0 spiro atoms. The van der Waals surface area contributed by atoms with Crippen LogP contribution in [0.1, 0.15) is 16.3 Å². The number of hydrogen-bond donors (Lipinski definition) is 1. The molecule has 0 atom stereocenters. The lowest BCUT2D eigenvalue weighted by Crippen LogP contribution is -2.48. The summed E-state index contributed by atoms with van der Waals surface area (Å²) in [7, 11) is 1.83. The third-order valence-electron chi connectivity index (χ3n) is 4.00. The van der Waals surface area contributed by atoms with Gasteiger partial charge in [0.2, 0.25) is 5.91 Å². The Labute approximate surface area is 127 Å². The third-order valence-corrected chi connectivity index (χ3v) is 5.11. The second kappa shape index (κ2) is 5.23. The van der Waals surface area contributed by atoms with E-state index in [9.17, 15) is 4.79 Å². The highest BCUT2D eigenvalue weighted by atomic mass is 32.1. The fourth-order valence-electron chi connectivity index (χ4n) is 2.54. The van der Waals surface area contributed by atoms with Crippen LogP contribution in [0.25, 0.3) is 10.2 Å². The molecule has 1 aliphatic heterocycles. The van der Waals surface area contributed by atoms with E-state index in [2.05, 4.69) is 21.8 Å². The summed E-state index contributed by atoms with van der Waals surface area (Å²) in [6, 6.07) is 0. The summed E-state index contributed by atoms with van der Waals surface area (Å²) >= 11 is 1.65. The number of likely N-dealkylation sites (N-methyl/N-ethyl adjacent to an activating group) is 1. The zero-order valence-electron chi connectivity index (χ0n) is 12.5. The van der Waals surface area contributed by atoms with E-state index in [4.69, 9.17) is 5.73 Å². The number of nitrogen functional groups attached to an aromatic ring is 1. The molecule has 0 unspecified atom stereocenters. The van der Waals surface area contributed by atoms with Crippen molar-refractivity contribution in [2.45, 2.75) is 20.4 Å². The highest BCUT2D eigenvalue weighted by Crippen LogP contribution is 2.31. The Bertz CT molecular complexity index is 711. The van der Waals surface area contributed by atoms with Crippen molar-refractivity contribution in [1.82, 2.24) is 19.8 Å². The first-order chi connectivity index (χ1) is 9.95. The molecule has 1 aliphatic rings. The fourth-order valence-corrected chi connectivity index (χ4v) is 3.60. The number of fused-ring (bicyclic) bond motifs is 1. The molecule has 0 saturated carbocycles. The molecule has 2 aromatic rings. The van der Waals surface area contributed by atoms with Gasteiger partial charge in [-0.05, 0) is 19.4 Å². The Hall–Kier alpha value is -1.73. The highest BCUT2D eigenvalue weighted by Gasteiger charge is 2.22. The number of rotatable bonds is 2. The van der Waals surface area contributed by atoms with Crippen LogP contribution >= 0.6 is 11.3 Å². The van der Waals surface area contributed by atoms with E-state index >= 15 is 0 Å². The monoisotopic (exact) mass is 305 g/mol. The molecule has 0 aliphatic carbocycles. The minimum Gasteiger partial charge on any atom is -0.383 e. The standard InChI is InChI=1S/C14H19N5OS/c1-8-9(2)21-14-12(8)13(15)16-10(17-14)6-19-5-4-18(3)11(20)7-19/h4-7H2,1-3H3,(H2,15,16,17). The van der Waals surface area contributed by atoms with E-state index in [0.717, 1.165) is 28.9 Å². The fraction of sp³-hybridized carbons (Fsp3) is 0.500. The topological polar surface area (TPSA) is 75.4 Å². The van der Waals surface area contributed by atoms with Gasteiger partial charge in [0.1, 0.15) is 16.5 Å². The molecule has 1 saturated heterocycles. The largest absolute Gasteiger partial charge is 0.383 e. The molecule has 3 rings (SSSR count). The second-order valence-electron chi connectivity index (χ2n) is 5.51. The lowest BCUT2D eigenvalue weighted by atomic mass is 10.2. The normalized spacial score (nSPS) is 16.9. The van der Waals surface area contributed by atoms with E-state index in [1.54, 1.807) is 16.2 Å². The predicted molar refractivity (Wildman–Crippen MR) is 84.2 cm³/mol. The first-order valence-electron chi connectivity index (χ1n) is 6.94. The number of anilines is 1. The van der Waals surface area contributed by atoms with Crippen LogP contribution in [0, 0.1) is 13.8 Å². The van der Waals surface area contributed by atoms with Crippen molar-refractivity contribution in [1.29, 1.82) is 0 Å². The van der Waals surface area contributed by atoms with Gasteiger partial charge in [0.25, 0.3) is 0 Å². The molecule has 0 radical (unpaired) electrons. The smallest absolute Gasteiger partial charge is 0.236 e. The average molecular weight is 305 g/mol. The second-order valence-corrected chi connectivity index (χ2v) is 6.72. The summed E-state index contributed by atoms with van der Waals surface area (Å²) in [5.41, 5.74) is 7.25.